The van der Waals surface area contributed by atoms with E-state index in [-0.39, 0.29) is 12.1 Å². The van der Waals surface area contributed by atoms with Gasteiger partial charge >= 0.3 is 0 Å². The highest BCUT2D eigenvalue weighted by atomic mass is 32.2. The second-order valence-electron chi connectivity index (χ2n) is 6.03. The van der Waals surface area contributed by atoms with Gasteiger partial charge in [0, 0.05) is 32.2 Å². The maximum Gasteiger partial charge on any atom is 0.282 e. The van der Waals surface area contributed by atoms with Crippen molar-refractivity contribution in [1.29, 1.82) is 0 Å². The van der Waals surface area contributed by atoms with Crippen molar-refractivity contribution in [2.75, 3.05) is 26.7 Å². The maximum absolute atomic E-state index is 12.9. The van der Waals surface area contributed by atoms with E-state index in [4.69, 9.17) is 0 Å². The molecule has 0 bridgehead atoms. The molecular weight excluding hydrogens is 274 g/mol. The maximum atomic E-state index is 12.9. The number of hydrogen-bond acceptors (Lipinski definition) is 3. The molecular formula is C14H29N3O2S. The molecule has 1 heterocycles. The topological polar surface area (TPSA) is 52.7 Å². The molecule has 1 unspecified atom stereocenters. The van der Waals surface area contributed by atoms with E-state index in [2.05, 4.69) is 12.2 Å². The average molecular weight is 303 g/mol. The molecule has 1 saturated heterocycles. The van der Waals surface area contributed by atoms with Gasteiger partial charge in [-0.3, -0.25) is 0 Å². The molecule has 0 aromatic rings. The van der Waals surface area contributed by atoms with Gasteiger partial charge < -0.3 is 5.32 Å². The van der Waals surface area contributed by atoms with Gasteiger partial charge in [-0.1, -0.05) is 26.2 Å². The highest BCUT2D eigenvalue weighted by Crippen LogP contribution is 2.28. The zero-order chi connectivity index (χ0) is 14.6. The first kappa shape index (κ1) is 16.2. The van der Waals surface area contributed by atoms with Crippen LogP contribution in [0.25, 0.3) is 0 Å². The quantitative estimate of drug-likeness (QED) is 0.810. The second kappa shape index (κ2) is 7.20. The van der Waals surface area contributed by atoms with Crippen LogP contribution in [0, 0.1) is 0 Å². The molecule has 1 aliphatic carbocycles. The number of nitrogens with one attached hydrogen (secondary N) is 1. The Morgan fingerprint density at radius 1 is 1.15 bits per heavy atom. The third-order valence-electron chi connectivity index (χ3n) is 4.70. The summed E-state index contributed by atoms with van der Waals surface area (Å²) in [7, 11) is -1.53. The third-order valence-corrected chi connectivity index (χ3v) is 6.80. The van der Waals surface area contributed by atoms with Crippen molar-refractivity contribution in [3.8, 4) is 0 Å². The van der Waals surface area contributed by atoms with Crippen molar-refractivity contribution in [2.24, 2.45) is 0 Å². The molecule has 5 nitrogen and oxygen atoms in total. The molecule has 1 atom stereocenters. The molecule has 0 radical (unpaired) electrons. The Labute approximate surface area is 123 Å². The first-order valence-corrected chi connectivity index (χ1v) is 9.42. The average Bonchev–Trinajstić information content (AvgIpc) is 2.98. The lowest BCUT2D eigenvalue weighted by molar-refractivity contribution is 0.222. The molecule has 2 aliphatic rings. The van der Waals surface area contributed by atoms with Crippen LogP contribution in [0.2, 0.25) is 0 Å². The van der Waals surface area contributed by atoms with Crippen molar-refractivity contribution >= 4 is 10.2 Å². The lowest BCUT2D eigenvalue weighted by Crippen LogP contribution is -2.54. The number of piperidine rings is 1. The largest absolute Gasteiger partial charge is 0.315 e. The van der Waals surface area contributed by atoms with Gasteiger partial charge in [0.2, 0.25) is 0 Å². The Morgan fingerprint density at radius 3 is 2.45 bits per heavy atom. The molecule has 2 rings (SSSR count). The summed E-state index contributed by atoms with van der Waals surface area (Å²) in [6, 6.07) is 0.333. The number of rotatable bonds is 6. The van der Waals surface area contributed by atoms with Gasteiger partial charge in [-0.15, -0.1) is 0 Å². The minimum atomic E-state index is -3.30. The zero-order valence-electron chi connectivity index (χ0n) is 12.8. The summed E-state index contributed by atoms with van der Waals surface area (Å²) >= 11 is 0. The summed E-state index contributed by atoms with van der Waals surface area (Å²) in [5, 5.41) is 3.30. The molecule has 0 amide bonds. The van der Waals surface area contributed by atoms with Crippen LogP contribution in [0.1, 0.15) is 51.9 Å². The lowest BCUT2D eigenvalue weighted by atomic mass is 10.1. The van der Waals surface area contributed by atoms with Crippen molar-refractivity contribution < 1.29 is 8.42 Å². The van der Waals surface area contributed by atoms with Gasteiger partial charge in [0.15, 0.2) is 0 Å². The van der Waals surface area contributed by atoms with Crippen LogP contribution in [0.4, 0.5) is 0 Å². The molecule has 1 aliphatic heterocycles. The Hall–Kier alpha value is -0.170. The summed E-state index contributed by atoms with van der Waals surface area (Å²) in [5.41, 5.74) is 0. The fraction of sp³-hybridized carbons (Fsp3) is 1.00. The van der Waals surface area contributed by atoms with Crippen LogP contribution >= 0.6 is 0 Å². The molecule has 1 N–H and O–H groups in total. The number of hydrogen-bond donors (Lipinski definition) is 1. The van der Waals surface area contributed by atoms with Crippen LogP contribution in [0.5, 0.6) is 0 Å². The predicted molar refractivity (Wildman–Crippen MR) is 81.8 cm³/mol. The Balaban J connectivity index is 2.08. The molecule has 0 spiro atoms. The highest BCUT2D eigenvalue weighted by Gasteiger charge is 2.38. The second-order valence-corrected chi connectivity index (χ2v) is 7.97. The lowest BCUT2D eigenvalue weighted by Gasteiger charge is -2.38. The molecule has 118 valence electrons. The van der Waals surface area contributed by atoms with Gasteiger partial charge in [-0.2, -0.15) is 17.0 Å². The SMILES string of the molecule is CCNCC1CCCCN1S(=O)(=O)N(C)C1CCCC1. The molecule has 0 aromatic carbocycles. The normalized spacial score (nSPS) is 26.4. The van der Waals surface area contributed by atoms with Gasteiger partial charge in [-0.25, -0.2) is 0 Å². The zero-order valence-corrected chi connectivity index (χ0v) is 13.7. The van der Waals surface area contributed by atoms with Crippen molar-refractivity contribution in [2.45, 2.75) is 64.0 Å². The Bertz CT molecular complexity index is 393. The Morgan fingerprint density at radius 2 is 1.80 bits per heavy atom. The third kappa shape index (κ3) is 3.53. The number of likely N-dealkylation sites (N-methyl/N-ethyl adjacent to an activating group) is 1. The summed E-state index contributed by atoms with van der Waals surface area (Å²) < 4.78 is 29.1. The number of nitrogens with zero attached hydrogens (tertiary/aromatic N) is 2. The highest BCUT2D eigenvalue weighted by molar-refractivity contribution is 7.86. The van der Waals surface area contributed by atoms with Crippen molar-refractivity contribution in [1.82, 2.24) is 13.9 Å². The van der Waals surface area contributed by atoms with Gasteiger partial charge in [-0.05, 0) is 32.2 Å². The fourth-order valence-corrected chi connectivity index (χ4v) is 5.25. The molecule has 2 fully saturated rings. The summed E-state index contributed by atoms with van der Waals surface area (Å²) in [5.74, 6) is 0. The van der Waals surface area contributed by atoms with Gasteiger partial charge in [0.25, 0.3) is 10.2 Å². The summed E-state index contributed by atoms with van der Waals surface area (Å²) in [6.07, 6.45) is 7.44. The predicted octanol–water partition coefficient (Wildman–Crippen LogP) is 1.57. The van der Waals surface area contributed by atoms with Crippen LogP contribution in [-0.4, -0.2) is 55.8 Å². The van der Waals surface area contributed by atoms with E-state index >= 15 is 0 Å². The van der Waals surface area contributed by atoms with E-state index < -0.39 is 10.2 Å². The minimum absolute atomic E-state index is 0.123. The van der Waals surface area contributed by atoms with Crippen LogP contribution in [0.15, 0.2) is 0 Å². The van der Waals surface area contributed by atoms with Crippen molar-refractivity contribution in [3.05, 3.63) is 0 Å². The summed E-state index contributed by atoms with van der Waals surface area (Å²) in [4.78, 5) is 0. The van der Waals surface area contributed by atoms with Gasteiger partial charge in [0.05, 0.1) is 0 Å². The van der Waals surface area contributed by atoms with E-state index in [1.165, 1.54) is 0 Å². The molecule has 20 heavy (non-hydrogen) atoms. The van der Waals surface area contributed by atoms with Gasteiger partial charge in [0.1, 0.15) is 0 Å². The Kier molecular flexibility index (Phi) is 5.84. The minimum Gasteiger partial charge on any atom is -0.315 e. The molecule has 0 aromatic heterocycles. The van der Waals surface area contributed by atoms with E-state index in [1.807, 2.05) is 0 Å². The van der Waals surface area contributed by atoms with E-state index in [1.54, 1.807) is 15.7 Å². The van der Waals surface area contributed by atoms with Crippen LogP contribution in [0.3, 0.4) is 0 Å². The van der Waals surface area contributed by atoms with E-state index in [9.17, 15) is 8.42 Å². The van der Waals surface area contributed by atoms with Crippen LogP contribution < -0.4 is 5.32 Å². The molecule has 6 heteroatoms. The first-order valence-electron chi connectivity index (χ1n) is 8.03. The standard InChI is InChI=1S/C14H29N3O2S/c1-3-15-12-14-10-6-7-11-17(14)20(18,19)16(2)13-8-4-5-9-13/h13-15H,3-12H2,1-2H3. The summed E-state index contributed by atoms with van der Waals surface area (Å²) in [6.45, 7) is 4.40. The molecule has 1 saturated carbocycles. The first-order chi connectivity index (χ1) is 9.57. The van der Waals surface area contributed by atoms with E-state index in [0.29, 0.717) is 6.54 Å². The van der Waals surface area contributed by atoms with E-state index in [0.717, 1.165) is 58.0 Å². The van der Waals surface area contributed by atoms with Crippen LogP contribution in [-0.2, 0) is 10.2 Å². The van der Waals surface area contributed by atoms with Crippen molar-refractivity contribution in [3.63, 3.8) is 0 Å². The smallest absolute Gasteiger partial charge is 0.282 e. The monoisotopic (exact) mass is 303 g/mol. The fourth-order valence-electron chi connectivity index (χ4n) is 3.41.